The van der Waals surface area contributed by atoms with E-state index >= 15 is 0 Å². The predicted molar refractivity (Wildman–Crippen MR) is 135 cm³/mol. The van der Waals surface area contributed by atoms with Gasteiger partial charge in [0.2, 0.25) is 5.91 Å². The van der Waals surface area contributed by atoms with Gasteiger partial charge in [-0.15, -0.1) is 11.3 Å². The number of benzene rings is 1. The minimum absolute atomic E-state index is 0.154. The van der Waals surface area contributed by atoms with Gasteiger partial charge < -0.3 is 4.90 Å². The highest BCUT2D eigenvalue weighted by molar-refractivity contribution is 7.09. The molecule has 4 aromatic rings. The van der Waals surface area contributed by atoms with E-state index in [2.05, 4.69) is 41.2 Å². The van der Waals surface area contributed by atoms with Crippen molar-refractivity contribution >= 4 is 17.2 Å². The van der Waals surface area contributed by atoms with Gasteiger partial charge in [-0.1, -0.05) is 24.3 Å². The van der Waals surface area contributed by atoms with Gasteiger partial charge in [-0.3, -0.25) is 9.78 Å². The van der Waals surface area contributed by atoms with E-state index in [0.29, 0.717) is 12.2 Å². The van der Waals surface area contributed by atoms with Crippen LogP contribution >= 0.6 is 11.3 Å². The first-order chi connectivity index (χ1) is 16.6. The number of likely N-dealkylation sites (tertiary alicyclic amines) is 1. The molecule has 34 heavy (non-hydrogen) atoms. The molecule has 1 aliphatic heterocycles. The van der Waals surface area contributed by atoms with Crippen LogP contribution in [0.5, 0.6) is 0 Å². The van der Waals surface area contributed by atoms with Gasteiger partial charge in [-0.2, -0.15) is 0 Å². The Labute approximate surface area is 203 Å². The van der Waals surface area contributed by atoms with Crippen LogP contribution in [-0.2, 0) is 11.2 Å². The molecule has 1 saturated heterocycles. The van der Waals surface area contributed by atoms with Crippen LogP contribution in [0.2, 0.25) is 0 Å². The number of pyridine rings is 1. The fraction of sp³-hybridized carbons (Fsp3) is 0.296. The Morgan fingerprint density at radius 1 is 1.03 bits per heavy atom. The van der Waals surface area contributed by atoms with E-state index in [4.69, 9.17) is 9.97 Å². The van der Waals surface area contributed by atoms with Crippen molar-refractivity contribution in [3.8, 4) is 22.5 Å². The van der Waals surface area contributed by atoms with Crippen LogP contribution in [0.15, 0.2) is 60.4 Å². The molecule has 1 aliphatic rings. The lowest BCUT2D eigenvalue weighted by Gasteiger charge is -2.32. The van der Waals surface area contributed by atoms with Crippen LogP contribution in [0, 0.1) is 13.8 Å². The second-order valence-corrected chi connectivity index (χ2v) is 9.80. The zero-order chi connectivity index (χ0) is 23.5. The van der Waals surface area contributed by atoms with Crippen LogP contribution < -0.4 is 0 Å². The van der Waals surface area contributed by atoms with Crippen LogP contribution in [0.3, 0.4) is 0 Å². The summed E-state index contributed by atoms with van der Waals surface area (Å²) in [5.74, 6) is 1.11. The maximum atomic E-state index is 12.9. The van der Waals surface area contributed by atoms with Crippen molar-refractivity contribution < 1.29 is 4.79 Å². The molecule has 0 aliphatic carbocycles. The average molecular weight is 470 g/mol. The van der Waals surface area contributed by atoms with E-state index in [1.165, 1.54) is 5.56 Å². The van der Waals surface area contributed by atoms with Crippen molar-refractivity contribution in [2.24, 2.45) is 0 Å². The summed E-state index contributed by atoms with van der Waals surface area (Å²) in [4.78, 5) is 33.3. The van der Waals surface area contributed by atoms with E-state index in [-0.39, 0.29) is 11.8 Å². The molecule has 1 aromatic carbocycles. The number of piperidine rings is 1. The third-order valence-corrected chi connectivity index (χ3v) is 7.23. The molecule has 0 N–H and O–H groups in total. The predicted octanol–water partition coefficient (Wildman–Crippen LogP) is 5.23. The molecule has 4 heterocycles. The highest BCUT2D eigenvalue weighted by Crippen LogP contribution is 2.36. The fourth-order valence-electron chi connectivity index (χ4n) is 4.58. The third kappa shape index (κ3) is 4.75. The van der Waals surface area contributed by atoms with Crippen molar-refractivity contribution in [3.63, 3.8) is 0 Å². The lowest BCUT2D eigenvalue weighted by Crippen LogP contribution is -2.39. The number of carbonyl (C=O) groups is 1. The SMILES string of the molecule is Cc1nc(CC(=O)N2CCC(c3nc(-c4cccnc4)ncc3-c3ccccc3C)CC2)cs1. The van der Waals surface area contributed by atoms with Crippen molar-refractivity contribution in [3.05, 3.63) is 82.3 Å². The van der Waals surface area contributed by atoms with Gasteiger partial charge >= 0.3 is 0 Å². The maximum Gasteiger partial charge on any atom is 0.228 e. The summed E-state index contributed by atoms with van der Waals surface area (Å²) in [6.45, 7) is 5.55. The monoisotopic (exact) mass is 469 g/mol. The number of hydrogen-bond acceptors (Lipinski definition) is 6. The number of aryl methyl sites for hydroxylation is 2. The highest BCUT2D eigenvalue weighted by atomic mass is 32.1. The smallest absolute Gasteiger partial charge is 0.228 e. The van der Waals surface area contributed by atoms with Gasteiger partial charge in [0.25, 0.3) is 0 Å². The molecule has 7 heteroatoms. The summed E-state index contributed by atoms with van der Waals surface area (Å²) < 4.78 is 0. The van der Waals surface area contributed by atoms with Gasteiger partial charge in [0.15, 0.2) is 5.82 Å². The molecule has 1 amide bonds. The number of carbonyl (C=O) groups excluding carboxylic acids is 1. The molecule has 0 bridgehead atoms. The van der Waals surface area contributed by atoms with Gasteiger partial charge in [-0.25, -0.2) is 15.0 Å². The van der Waals surface area contributed by atoms with E-state index in [1.807, 2.05) is 35.5 Å². The Kier molecular flexibility index (Phi) is 6.45. The second kappa shape index (κ2) is 9.81. The number of hydrogen-bond donors (Lipinski definition) is 0. The fourth-order valence-corrected chi connectivity index (χ4v) is 5.19. The number of aromatic nitrogens is 4. The van der Waals surface area contributed by atoms with Crippen molar-refractivity contribution in [1.29, 1.82) is 0 Å². The maximum absolute atomic E-state index is 12.9. The lowest BCUT2D eigenvalue weighted by molar-refractivity contribution is -0.131. The summed E-state index contributed by atoms with van der Waals surface area (Å²) in [5.41, 5.74) is 6.28. The lowest BCUT2D eigenvalue weighted by atomic mass is 9.87. The molecular formula is C27H27N5OS. The average Bonchev–Trinajstić information content (AvgIpc) is 3.29. The molecule has 1 fully saturated rings. The number of rotatable bonds is 5. The van der Waals surface area contributed by atoms with Crippen LogP contribution in [0.1, 0.15) is 40.7 Å². The molecule has 0 atom stereocenters. The van der Waals surface area contributed by atoms with Crippen molar-refractivity contribution in [2.75, 3.05) is 13.1 Å². The highest BCUT2D eigenvalue weighted by Gasteiger charge is 2.28. The van der Waals surface area contributed by atoms with Gasteiger partial charge in [0, 0.05) is 54.1 Å². The topological polar surface area (TPSA) is 71.9 Å². The second-order valence-electron chi connectivity index (χ2n) is 8.74. The quantitative estimate of drug-likeness (QED) is 0.400. The minimum atomic E-state index is 0.154. The summed E-state index contributed by atoms with van der Waals surface area (Å²) in [6, 6.07) is 12.3. The van der Waals surface area contributed by atoms with E-state index < -0.39 is 0 Å². The van der Waals surface area contributed by atoms with Crippen molar-refractivity contribution in [1.82, 2.24) is 24.8 Å². The summed E-state index contributed by atoms with van der Waals surface area (Å²) in [5, 5.41) is 2.98. The Balaban J connectivity index is 1.40. The summed E-state index contributed by atoms with van der Waals surface area (Å²) in [6.07, 6.45) is 7.64. The van der Waals surface area contributed by atoms with E-state index in [0.717, 1.165) is 59.0 Å². The molecule has 3 aromatic heterocycles. The Morgan fingerprint density at radius 2 is 1.85 bits per heavy atom. The first kappa shape index (κ1) is 22.3. The number of thiazole rings is 1. The number of amides is 1. The minimum Gasteiger partial charge on any atom is -0.342 e. The normalized spacial score (nSPS) is 14.4. The largest absolute Gasteiger partial charge is 0.342 e. The Bertz CT molecular complexity index is 1300. The molecule has 6 nitrogen and oxygen atoms in total. The Morgan fingerprint density at radius 3 is 2.56 bits per heavy atom. The first-order valence-corrected chi connectivity index (χ1v) is 12.5. The van der Waals surface area contributed by atoms with Crippen LogP contribution in [0.4, 0.5) is 0 Å². The zero-order valence-electron chi connectivity index (χ0n) is 19.4. The third-order valence-electron chi connectivity index (χ3n) is 6.41. The molecular weight excluding hydrogens is 442 g/mol. The molecule has 0 spiro atoms. The summed E-state index contributed by atoms with van der Waals surface area (Å²) >= 11 is 1.59. The van der Waals surface area contributed by atoms with E-state index in [1.54, 1.807) is 23.7 Å². The van der Waals surface area contributed by atoms with Gasteiger partial charge in [-0.05, 0) is 49.9 Å². The molecule has 172 valence electrons. The van der Waals surface area contributed by atoms with Crippen LogP contribution in [-0.4, -0.2) is 43.8 Å². The molecule has 0 saturated carbocycles. The van der Waals surface area contributed by atoms with Gasteiger partial charge in [0.1, 0.15) is 0 Å². The summed E-state index contributed by atoms with van der Waals surface area (Å²) in [7, 11) is 0. The Hall–Kier alpha value is -3.45. The molecule has 0 unspecified atom stereocenters. The standard InChI is InChI=1S/C27H27N5OS/c1-18-6-3-4-8-23(18)24-16-29-27(21-7-5-11-28-15-21)31-26(24)20-9-12-32(13-10-20)25(33)14-22-17-34-19(2)30-22/h3-8,11,15-17,20H,9-10,12-14H2,1-2H3. The van der Waals surface area contributed by atoms with E-state index in [9.17, 15) is 4.79 Å². The molecule has 5 rings (SSSR count). The van der Waals surface area contributed by atoms with Gasteiger partial charge in [0.05, 0.1) is 22.8 Å². The molecule has 0 radical (unpaired) electrons. The first-order valence-electron chi connectivity index (χ1n) is 11.6. The number of nitrogens with zero attached hydrogens (tertiary/aromatic N) is 5. The van der Waals surface area contributed by atoms with Crippen LogP contribution in [0.25, 0.3) is 22.5 Å². The van der Waals surface area contributed by atoms with Crippen molar-refractivity contribution in [2.45, 2.75) is 39.0 Å². The zero-order valence-corrected chi connectivity index (χ0v) is 20.3.